The summed E-state index contributed by atoms with van der Waals surface area (Å²) in [6.45, 7) is 1.75. The number of ether oxygens (including phenoxy) is 1. The third-order valence-electron chi connectivity index (χ3n) is 3.73. The number of rotatable bonds is 4. The fraction of sp³-hybridized carbons (Fsp3) is 0.0833. The first-order valence-electron chi connectivity index (χ1n) is 8.69. The van der Waals surface area contributed by atoms with E-state index in [4.69, 9.17) is 4.74 Å². The van der Waals surface area contributed by atoms with Crippen molar-refractivity contribution >= 4 is 17.4 Å². The summed E-state index contributed by atoms with van der Waals surface area (Å²) in [7, 11) is 0. The van der Waals surface area contributed by atoms with Crippen LogP contribution in [0.4, 0.5) is 5.69 Å². The standard InChI is InChI=1S/C24H19NO2/c1-19(27-24(26)21-13-7-3-8-14-21)17-18-23(20-11-5-2-6-12-20)25-22-15-9-4-10-16-22/h2-16,19H,1H3. The summed E-state index contributed by atoms with van der Waals surface area (Å²) in [4.78, 5) is 16.8. The molecule has 3 heteroatoms. The molecule has 0 spiro atoms. The van der Waals surface area contributed by atoms with Gasteiger partial charge in [-0.3, -0.25) is 0 Å². The quantitative estimate of drug-likeness (QED) is 0.374. The molecule has 0 saturated heterocycles. The van der Waals surface area contributed by atoms with E-state index < -0.39 is 12.1 Å². The molecule has 1 unspecified atom stereocenters. The van der Waals surface area contributed by atoms with Crippen molar-refractivity contribution in [3.63, 3.8) is 0 Å². The molecule has 132 valence electrons. The van der Waals surface area contributed by atoms with Crippen molar-refractivity contribution in [2.24, 2.45) is 4.99 Å². The zero-order valence-corrected chi connectivity index (χ0v) is 15.0. The highest BCUT2D eigenvalue weighted by atomic mass is 16.5. The minimum atomic E-state index is -0.553. The summed E-state index contributed by atoms with van der Waals surface area (Å²) >= 11 is 0. The predicted octanol–water partition coefficient (Wildman–Crippen LogP) is 5.06. The molecule has 0 heterocycles. The Kier molecular flexibility index (Phi) is 6.17. The van der Waals surface area contributed by atoms with Gasteiger partial charge in [0.05, 0.1) is 11.3 Å². The van der Waals surface area contributed by atoms with E-state index >= 15 is 0 Å². The first-order valence-corrected chi connectivity index (χ1v) is 8.69. The van der Waals surface area contributed by atoms with Crippen LogP contribution in [0.5, 0.6) is 0 Å². The van der Waals surface area contributed by atoms with Crippen molar-refractivity contribution in [3.05, 3.63) is 102 Å². The second-order valence-corrected chi connectivity index (χ2v) is 5.84. The molecule has 0 N–H and O–H groups in total. The lowest BCUT2D eigenvalue weighted by Crippen LogP contribution is -2.13. The number of nitrogens with zero attached hydrogens (tertiary/aromatic N) is 1. The van der Waals surface area contributed by atoms with E-state index in [0.717, 1.165) is 11.3 Å². The molecule has 0 aliphatic carbocycles. The van der Waals surface area contributed by atoms with E-state index in [1.807, 2.05) is 66.7 Å². The minimum Gasteiger partial charge on any atom is -0.446 e. The Morgan fingerprint density at radius 2 is 1.33 bits per heavy atom. The molecule has 27 heavy (non-hydrogen) atoms. The number of hydrogen-bond donors (Lipinski definition) is 0. The van der Waals surface area contributed by atoms with Crippen LogP contribution in [-0.4, -0.2) is 17.8 Å². The lowest BCUT2D eigenvalue weighted by atomic mass is 10.1. The third kappa shape index (κ3) is 5.42. The van der Waals surface area contributed by atoms with Gasteiger partial charge in [0.2, 0.25) is 0 Å². The van der Waals surface area contributed by atoms with E-state index in [0.29, 0.717) is 11.3 Å². The van der Waals surface area contributed by atoms with Gasteiger partial charge in [0.25, 0.3) is 0 Å². The average molecular weight is 353 g/mol. The zero-order valence-electron chi connectivity index (χ0n) is 15.0. The van der Waals surface area contributed by atoms with Crippen LogP contribution in [0, 0.1) is 11.8 Å². The van der Waals surface area contributed by atoms with E-state index in [1.54, 1.807) is 31.2 Å². The van der Waals surface area contributed by atoms with Crippen LogP contribution < -0.4 is 0 Å². The zero-order chi connectivity index (χ0) is 18.9. The Morgan fingerprint density at radius 1 is 0.815 bits per heavy atom. The van der Waals surface area contributed by atoms with Crippen LogP contribution in [0.3, 0.4) is 0 Å². The first kappa shape index (κ1) is 18.2. The number of aliphatic imine (C=N–C) groups is 1. The highest BCUT2D eigenvalue weighted by Gasteiger charge is 2.09. The summed E-state index contributed by atoms with van der Waals surface area (Å²) in [5.41, 5.74) is 2.87. The van der Waals surface area contributed by atoms with Gasteiger partial charge in [-0.05, 0) is 37.1 Å². The first-order chi connectivity index (χ1) is 13.2. The molecule has 0 aliphatic rings. The van der Waals surface area contributed by atoms with E-state index in [-0.39, 0.29) is 0 Å². The van der Waals surface area contributed by atoms with Crippen molar-refractivity contribution in [2.45, 2.75) is 13.0 Å². The van der Waals surface area contributed by atoms with Gasteiger partial charge in [-0.1, -0.05) is 72.7 Å². The van der Waals surface area contributed by atoms with Gasteiger partial charge in [-0.15, -0.1) is 0 Å². The number of benzene rings is 3. The van der Waals surface area contributed by atoms with Gasteiger partial charge in [0.15, 0.2) is 6.10 Å². The lowest BCUT2D eigenvalue weighted by Gasteiger charge is -2.07. The van der Waals surface area contributed by atoms with Gasteiger partial charge in [0, 0.05) is 5.56 Å². The second kappa shape index (κ2) is 9.17. The van der Waals surface area contributed by atoms with Crippen molar-refractivity contribution in [2.75, 3.05) is 0 Å². The Hall–Kier alpha value is -3.64. The molecule has 0 aliphatic heterocycles. The number of hydrogen-bond acceptors (Lipinski definition) is 3. The average Bonchev–Trinajstić information content (AvgIpc) is 2.73. The van der Waals surface area contributed by atoms with Crippen LogP contribution in [-0.2, 0) is 4.74 Å². The highest BCUT2D eigenvalue weighted by molar-refractivity contribution is 6.14. The number of esters is 1. The minimum absolute atomic E-state index is 0.390. The summed E-state index contributed by atoms with van der Waals surface area (Å²) in [6.07, 6.45) is -0.553. The fourth-order valence-electron chi connectivity index (χ4n) is 2.39. The number of carbonyl (C=O) groups excluding carboxylic acids is 1. The third-order valence-corrected chi connectivity index (χ3v) is 3.73. The van der Waals surface area contributed by atoms with Crippen LogP contribution in [0.25, 0.3) is 0 Å². The SMILES string of the molecule is CC(C#CC(=Nc1ccccc1)c1ccccc1)OC(=O)c1ccccc1. The van der Waals surface area contributed by atoms with Crippen molar-refractivity contribution in [1.82, 2.24) is 0 Å². The molecule has 3 nitrogen and oxygen atoms in total. The molecule has 3 aromatic rings. The van der Waals surface area contributed by atoms with E-state index in [2.05, 4.69) is 16.8 Å². The monoisotopic (exact) mass is 353 g/mol. The van der Waals surface area contributed by atoms with Crippen molar-refractivity contribution in [3.8, 4) is 11.8 Å². The second-order valence-electron chi connectivity index (χ2n) is 5.84. The molecule has 0 fully saturated rings. The Labute approximate surface area is 159 Å². The molecule has 3 rings (SSSR count). The van der Waals surface area contributed by atoms with Gasteiger partial charge in [-0.2, -0.15) is 0 Å². The number of carbonyl (C=O) groups is 1. The fourth-order valence-corrected chi connectivity index (χ4v) is 2.39. The molecule has 0 saturated carbocycles. The molecular weight excluding hydrogens is 334 g/mol. The molecule has 0 bridgehead atoms. The molecule has 0 amide bonds. The smallest absolute Gasteiger partial charge is 0.339 e. The normalized spacial score (nSPS) is 11.8. The van der Waals surface area contributed by atoms with Gasteiger partial charge >= 0.3 is 5.97 Å². The van der Waals surface area contributed by atoms with Crippen LogP contribution in [0.15, 0.2) is 96.0 Å². The molecule has 0 aromatic heterocycles. The summed E-state index contributed by atoms with van der Waals surface area (Å²) in [5, 5.41) is 0. The lowest BCUT2D eigenvalue weighted by molar-refractivity contribution is 0.0438. The molecule has 1 atom stereocenters. The van der Waals surface area contributed by atoms with Gasteiger partial charge in [-0.25, -0.2) is 9.79 Å². The van der Waals surface area contributed by atoms with Crippen molar-refractivity contribution in [1.29, 1.82) is 0 Å². The van der Waals surface area contributed by atoms with E-state index in [9.17, 15) is 4.79 Å². The molecule has 0 radical (unpaired) electrons. The Bertz CT molecular complexity index is 968. The Morgan fingerprint density at radius 3 is 1.93 bits per heavy atom. The van der Waals surface area contributed by atoms with Crippen LogP contribution in [0.2, 0.25) is 0 Å². The Balaban J connectivity index is 1.81. The highest BCUT2D eigenvalue weighted by Crippen LogP contribution is 2.13. The largest absolute Gasteiger partial charge is 0.446 e. The van der Waals surface area contributed by atoms with E-state index in [1.165, 1.54) is 0 Å². The van der Waals surface area contributed by atoms with Crippen LogP contribution in [0.1, 0.15) is 22.8 Å². The van der Waals surface area contributed by atoms with Gasteiger partial charge in [0.1, 0.15) is 5.71 Å². The summed E-state index contributed by atoms with van der Waals surface area (Å²) in [5.74, 6) is 5.65. The van der Waals surface area contributed by atoms with Crippen molar-refractivity contribution < 1.29 is 9.53 Å². The predicted molar refractivity (Wildman–Crippen MR) is 108 cm³/mol. The summed E-state index contributed by atoms with van der Waals surface area (Å²) < 4.78 is 5.41. The van der Waals surface area contributed by atoms with Gasteiger partial charge < -0.3 is 4.74 Å². The maximum Gasteiger partial charge on any atom is 0.339 e. The van der Waals surface area contributed by atoms with Crippen LogP contribution >= 0.6 is 0 Å². The molecular formula is C24H19NO2. The maximum absolute atomic E-state index is 12.1. The topological polar surface area (TPSA) is 38.7 Å². The number of para-hydroxylation sites is 1. The maximum atomic E-state index is 12.1. The molecule has 3 aromatic carbocycles. The summed E-state index contributed by atoms with van der Waals surface area (Å²) in [6, 6.07) is 28.3.